The van der Waals surface area contributed by atoms with Gasteiger partial charge in [-0.2, -0.15) is 0 Å². The number of rotatable bonds is 0. The molecule has 1 aromatic heterocycles. The molecule has 0 saturated heterocycles. The van der Waals surface area contributed by atoms with Crippen LogP contribution in [0.5, 0.6) is 0 Å². The van der Waals surface area contributed by atoms with Crippen LogP contribution in [-0.2, 0) is 0 Å². The third kappa shape index (κ3) is 1.08. The van der Waals surface area contributed by atoms with Gasteiger partial charge in [-0.05, 0) is 0 Å². The number of hydrogen-bond donors (Lipinski definition) is 1. The van der Waals surface area contributed by atoms with Gasteiger partial charge in [0, 0.05) is 12.4 Å². The largest absolute Gasteiger partial charge is 0.351 e. The molecule has 0 atom stereocenters. The van der Waals surface area contributed by atoms with Crippen LogP contribution in [0.3, 0.4) is 0 Å². The molecular formula is C3H6ClN2+. The van der Waals surface area contributed by atoms with Gasteiger partial charge in [-0.3, -0.25) is 0 Å². The normalized spacial score (nSPS) is 6.67. The fourth-order valence-corrected chi connectivity index (χ4v) is 0.215. The quantitative estimate of drug-likeness (QED) is 0.490. The van der Waals surface area contributed by atoms with E-state index in [9.17, 15) is 0 Å². The topological polar surface area (TPSA) is 28.7 Å². The highest BCUT2D eigenvalue weighted by Crippen LogP contribution is 1.62. The first kappa shape index (κ1) is 5.50. The van der Waals surface area contributed by atoms with Gasteiger partial charge in [-0.1, -0.05) is 0 Å². The molecule has 3 heteroatoms. The summed E-state index contributed by atoms with van der Waals surface area (Å²) in [6, 6.07) is 0. The lowest BCUT2D eigenvalue weighted by atomic mass is 11.0. The van der Waals surface area contributed by atoms with Crippen molar-refractivity contribution in [2.24, 2.45) is 0 Å². The van der Waals surface area contributed by atoms with Gasteiger partial charge in [0.25, 0.3) is 0 Å². The summed E-state index contributed by atoms with van der Waals surface area (Å²) in [5.74, 6) is 0. The van der Waals surface area contributed by atoms with E-state index in [1.807, 2.05) is 0 Å². The van der Waals surface area contributed by atoms with Crippen LogP contribution in [0.15, 0.2) is 18.7 Å². The minimum Gasteiger partial charge on any atom is -0.351 e. The van der Waals surface area contributed by atoms with Gasteiger partial charge in [0.05, 0.1) is 18.7 Å². The first-order valence-corrected chi connectivity index (χ1v) is 1.43. The summed E-state index contributed by atoms with van der Waals surface area (Å²) in [7, 11) is 0. The Morgan fingerprint density at radius 3 is 2.50 bits per heavy atom. The second-order valence-electron chi connectivity index (χ2n) is 0.761. The predicted octanol–water partition coefficient (Wildman–Crippen LogP) is -0.126. The van der Waals surface area contributed by atoms with Crippen molar-refractivity contribution in [3.05, 3.63) is 18.7 Å². The molecule has 0 aliphatic rings. The van der Waals surface area contributed by atoms with E-state index < -0.39 is 0 Å². The third-order valence-corrected chi connectivity index (χ3v) is 0.406. The molecule has 0 spiro atoms. The molecule has 1 N–H and O–H groups in total. The Hall–Kier alpha value is -0.500. The van der Waals surface area contributed by atoms with Crippen LogP contribution in [0, 0.1) is 12.4 Å². The molecule has 1 rings (SSSR count). The molecule has 0 aromatic carbocycles. The average Bonchev–Trinajstić information content (AvgIpc) is 1.76. The predicted molar refractivity (Wildman–Crippen MR) is 21.4 cm³/mol. The maximum absolute atomic E-state index is 3.67. The maximum Gasteiger partial charge on any atom is 0.0919 e. The van der Waals surface area contributed by atoms with Gasteiger partial charge in [-0.25, -0.2) is 4.98 Å². The number of nitrogens with one attached hydrogen (secondary N) is 1. The fourth-order valence-electron chi connectivity index (χ4n) is 0.215. The van der Waals surface area contributed by atoms with Crippen molar-refractivity contribution in [2.45, 2.75) is 0 Å². The maximum atomic E-state index is 3.67. The van der Waals surface area contributed by atoms with Crippen molar-refractivity contribution < 1.29 is 12.4 Å². The number of H-pyrrole nitrogens is 1. The van der Waals surface area contributed by atoms with E-state index in [4.69, 9.17) is 0 Å². The Balaban J connectivity index is 0.000000250. The monoisotopic (exact) mass is 105 g/mol. The van der Waals surface area contributed by atoms with E-state index in [0.717, 1.165) is 0 Å². The SMILES string of the molecule is [ClH2+].c1c[nH]cn1. The van der Waals surface area contributed by atoms with Crippen LogP contribution in [-0.4, -0.2) is 9.97 Å². The Morgan fingerprint density at radius 1 is 1.50 bits per heavy atom. The van der Waals surface area contributed by atoms with Gasteiger partial charge in [-0.15, -0.1) is 0 Å². The van der Waals surface area contributed by atoms with Gasteiger partial charge in [0.2, 0.25) is 0 Å². The number of aromatic nitrogens is 2. The Labute approximate surface area is 42.0 Å². The zero-order valence-electron chi connectivity index (χ0n) is 3.13. The fraction of sp³-hybridized carbons (Fsp3) is 0. The van der Waals surface area contributed by atoms with Crippen LogP contribution in [0.2, 0.25) is 0 Å². The summed E-state index contributed by atoms with van der Waals surface area (Å²) in [5.41, 5.74) is 0. The van der Waals surface area contributed by atoms with Gasteiger partial charge in [0.1, 0.15) is 0 Å². The van der Waals surface area contributed by atoms with E-state index in [1.165, 1.54) is 0 Å². The number of halogens is 1. The molecule has 0 unspecified atom stereocenters. The highest BCUT2D eigenvalue weighted by Gasteiger charge is 1.56. The second-order valence-corrected chi connectivity index (χ2v) is 0.761. The number of imidazole rings is 1. The Kier molecular flexibility index (Phi) is 2.50. The van der Waals surface area contributed by atoms with Crippen molar-refractivity contribution in [3.63, 3.8) is 0 Å². The molecule has 6 heavy (non-hydrogen) atoms. The first-order valence-electron chi connectivity index (χ1n) is 1.43. The van der Waals surface area contributed by atoms with Crippen molar-refractivity contribution in [2.75, 3.05) is 0 Å². The summed E-state index contributed by atoms with van der Waals surface area (Å²) in [5, 5.41) is 0. The number of hydrogen-bond acceptors (Lipinski definition) is 1. The standard InChI is InChI=1S/C3H4N2.ClH2/c1-2-5-3-4-1;/h1-3H,(H,4,5);1H2/q;+1. The van der Waals surface area contributed by atoms with Crippen LogP contribution in [0.4, 0.5) is 0 Å². The van der Waals surface area contributed by atoms with Crippen molar-refractivity contribution in [1.29, 1.82) is 0 Å². The molecule has 0 fully saturated rings. The number of nitrogens with zero attached hydrogens (tertiary/aromatic N) is 1. The van der Waals surface area contributed by atoms with E-state index in [1.54, 1.807) is 18.7 Å². The van der Waals surface area contributed by atoms with E-state index >= 15 is 0 Å². The zero-order valence-corrected chi connectivity index (χ0v) is 4.02. The second kappa shape index (κ2) is 2.72. The lowest BCUT2D eigenvalue weighted by Gasteiger charge is -1.46. The average molecular weight is 106 g/mol. The van der Waals surface area contributed by atoms with E-state index in [2.05, 4.69) is 9.97 Å². The van der Waals surface area contributed by atoms with Crippen LogP contribution >= 0.6 is 0 Å². The molecule has 0 bridgehead atoms. The van der Waals surface area contributed by atoms with Gasteiger partial charge >= 0.3 is 0 Å². The molecular weight excluding hydrogens is 99.5 g/mol. The lowest BCUT2D eigenvalue weighted by Crippen LogP contribution is -1.44. The van der Waals surface area contributed by atoms with Crippen molar-refractivity contribution in [3.8, 4) is 0 Å². The molecule has 0 amide bonds. The molecule has 34 valence electrons. The van der Waals surface area contributed by atoms with Gasteiger partial charge in [0.15, 0.2) is 0 Å². The lowest BCUT2D eigenvalue weighted by molar-refractivity contribution is -0.00000116. The Morgan fingerprint density at radius 2 is 2.33 bits per heavy atom. The minimum absolute atomic E-state index is 0. The molecule has 0 radical (unpaired) electrons. The minimum atomic E-state index is 0. The van der Waals surface area contributed by atoms with E-state index in [0.29, 0.717) is 0 Å². The third-order valence-electron chi connectivity index (χ3n) is 0.406. The first-order chi connectivity index (χ1) is 2.50. The summed E-state index contributed by atoms with van der Waals surface area (Å²) in [6.07, 6.45) is 5.08. The molecule has 2 nitrogen and oxygen atoms in total. The van der Waals surface area contributed by atoms with Crippen LogP contribution in [0.1, 0.15) is 0 Å². The Bertz CT molecular complexity index is 65.3. The van der Waals surface area contributed by atoms with Crippen LogP contribution in [0.25, 0.3) is 0 Å². The summed E-state index contributed by atoms with van der Waals surface area (Å²) in [4.78, 5) is 6.42. The summed E-state index contributed by atoms with van der Waals surface area (Å²) < 4.78 is 0. The van der Waals surface area contributed by atoms with Crippen LogP contribution < -0.4 is 0 Å². The highest BCUT2D eigenvalue weighted by molar-refractivity contribution is 4.64. The molecule has 1 heterocycles. The van der Waals surface area contributed by atoms with Crippen molar-refractivity contribution in [1.82, 2.24) is 9.97 Å². The van der Waals surface area contributed by atoms with E-state index in [-0.39, 0.29) is 12.4 Å². The molecule has 0 aliphatic carbocycles. The molecule has 1 aromatic rings. The highest BCUT2D eigenvalue weighted by atomic mass is 35.5. The van der Waals surface area contributed by atoms with Gasteiger partial charge < -0.3 is 4.98 Å². The molecule has 0 aliphatic heterocycles. The van der Waals surface area contributed by atoms with Crippen molar-refractivity contribution >= 4 is 0 Å². The summed E-state index contributed by atoms with van der Waals surface area (Å²) >= 11 is 0. The summed E-state index contributed by atoms with van der Waals surface area (Å²) in [6.45, 7) is 0. The molecule has 0 saturated carbocycles. The zero-order chi connectivity index (χ0) is 3.54. The smallest absolute Gasteiger partial charge is 0.0919 e. The number of aromatic amines is 1.